The molecule has 0 unspecified atom stereocenters. The van der Waals surface area contributed by atoms with Crippen LogP contribution >= 0.6 is 0 Å². The number of hydrogen-bond acceptors (Lipinski definition) is 2. The quantitative estimate of drug-likeness (QED) is 0.799. The normalized spacial score (nSPS) is 19.6. The standard InChI is InChI=1S/C16H23NO2/c1-3-4-5-6-11-14(18)15-12-9-7-8-10-13(12)16(19)17(15)2/h7-10,14-15,18H,3-6,11H2,1-2H3/t14-,15+/m0/s1. The summed E-state index contributed by atoms with van der Waals surface area (Å²) < 4.78 is 0. The van der Waals surface area contributed by atoms with Gasteiger partial charge >= 0.3 is 0 Å². The van der Waals surface area contributed by atoms with Crippen LogP contribution in [0.4, 0.5) is 0 Å². The molecule has 104 valence electrons. The molecule has 1 aliphatic rings. The largest absolute Gasteiger partial charge is 0.391 e. The molecule has 0 aromatic heterocycles. The summed E-state index contributed by atoms with van der Waals surface area (Å²) >= 11 is 0. The lowest BCUT2D eigenvalue weighted by molar-refractivity contribution is 0.0479. The van der Waals surface area contributed by atoms with Crippen LogP contribution in [0.5, 0.6) is 0 Å². The van der Waals surface area contributed by atoms with Crippen LogP contribution in [0.2, 0.25) is 0 Å². The van der Waals surface area contributed by atoms with E-state index in [4.69, 9.17) is 0 Å². The van der Waals surface area contributed by atoms with E-state index >= 15 is 0 Å². The number of fused-ring (bicyclic) bond motifs is 1. The first-order valence-electron chi connectivity index (χ1n) is 7.21. The van der Waals surface area contributed by atoms with Gasteiger partial charge in [-0.25, -0.2) is 0 Å². The summed E-state index contributed by atoms with van der Waals surface area (Å²) in [7, 11) is 1.78. The van der Waals surface area contributed by atoms with E-state index in [-0.39, 0.29) is 11.9 Å². The molecule has 0 saturated carbocycles. The Hall–Kier alpha value is -1.35. The minimum absolute atomic E-state index is 0.0215. The third-order valence-corrected chi connectivity index (χ3v) is 3.97. The van der Waals surface area contributed by atoms with E-state index in [0.717, 1.165) is 30.4 Å². The van der Waals surface area contributed by atoms with Gasteiger partial charge in [-0.1, -0.05) is 50.8 Å². The first-order chi connectivity index (χ1) is 9.16. The van der Waals surface area contributed by atoms with Gasteiger partial charge in [0, 0.05) is 12.6 Å². The molecule has 1 heterocycles. The number of aliphatic hydroxyl groups excluding tert-OH is 1. The van der Waals surface area contributed by atoms with Gasteiger partial charge in [0.1, 0.15) is 0 Å². The van der Waals surface area contributed by atoms with E-state index in [1.165, 1.54) is 12.8 Å². The second-order valence-corrected chi connectivity index (χ2v) is 5.36. The van der Waals surface area contributed by atoms with E-state index in [0.29, 0.717) is 0 Å². The molecule has 0 fully saturated rings. The van der Waals surface area contributed by atoms with E-state index in [2.05, 4.69) is 6.92 Å². The van der Waals surface area contributed by atoms with Crippen molar-refractivity contribution >= 4 is 5.91 Å². The van der Waals surface area contributed by atoms with Gasteiger partial charge in [-0.15, -0.1) is 0 Å². The van der Waals surface area contributed by atoms with Gasteiger partial charge in [0.25, 0.3) is 5.91 Å². The Morgan fingerprint density at radius 1 is 1.26 bits per heavy atom. The zero-order valence-corrected chi connectivity index (χ0v) is 11.8. The minimum Gasteiger partial charge on any atom is -0.391 e. The zero-order valence-electron chi connectivity index (χ0n) is 11.8. The van der Waals surface area contributed by atoms with Crippen molar-refractivity contribution in [2.24, 2.45) is 0 Å². The maximum Gasteiger partial charge on any atom is 0.254 e. The van der Waals surface area contributed by atoms with Crippen LogP contribution in [0.15, 0.2) is 24.3 Å². The van der Waals surface area contributed by atoms with Crippen LogP contribution in [-0.4, -0.2) is 29.1 Å². The number of benzene rings is 1. The molecule has 1 N–H and O–H groups in total. The van der Waals surface area contributed by atoms with Gasteiger partial charge < -0.3 is 10.0 Å². The van der Waals surface area contributed by atoms with Gasteiger partial charge in [-0.3, -0.25) is 4.79 Å². The monoisotopic (exact) mass is 261 g/mol. The van der Waals surface area contributed by atoms with Gasteiger partial charge in [0.05, 0.1) is 12.1 Å². The molecule has 1 aliphatic heterocycles. The number of nitrogens with zero attached hydrogens (tertiary/aromatic N) is 1. The topological polar surface area (TPSA) is 40.5 Å². The Morgan fingerprint density at radius 3 is 2.74 bits per heavy atom. The first kappa shape index (κ1) is 14.1. The van der Waals surface area contributed by atoms with Crippen LogP contribution in [0, 0.1) is 0 Å². The fraction of sp³-hybridized carbons (Fsp3) is 0.562. The molecular formula is C16H23NO2. The summed E-state index contributed by atoms with van der Waals surface area (Å²) in [5.41, 5.74) is 1.71. The first-order valence-corrected chi connectivity index (χ1v) is 7.21. The van der Waals surface area contributed by atoms with Crippen LogP contribution in [-0.2, 0) is 0 Å². The SMILES string of the molecule is CCCCCC[C@H](O)[C@H]1c2ccccc2C(=O)N1C. The molecule has 0 aliphatic carbocycles. The summed E-state index contributed by atoms with van der Waals surface area (Å²) in [4.78, 5) is 13.8. The van der Waals surface area contributed by atoms with Crippen molar-refractivity contribution in [3.8, 4) is 0 Å². The molecule has 0 spiro atoms. The van der Waals surface area contributed by atoms with Crippen LogP contribution < -0.4 is 0 Å². The van der Waals surface area contributed by atoms with E-state index in [1.807, 2.05) is 24.3 Å². The maximum absolute atomic E-state index is 12.1. The van der Waals surface area contributed by atoms with Crippen LogP contribution in [0.25, 0.3) is 0 Å². The number of amides is 1. The third kappa shape index (κ3) is 2.81. The Morgan fingerprint density at radius 2 is 2.00 bits per heavy atom. The second kappa shape index (κ2) is 6.20. The summed E-state index contributed by atoms with van der Waals surface area (Å²) in [6.07, 6.45) is 4.88. The number of likely N-dealkylation sites (N-methyl/N-ethyl adjacent to an activating group) is 1. The number of hydrogen-bond donors (Lipinski definition) is 1. The molecule has 0 bridgehead atoms. The van der Waals surface area contributed by atoms with Crippen molar-refractivity contribution in [3.05, 3.63) is 35.4 Å². The zero-order chi connectivity index (χ0) is 13.8. The third-order valence-electron chi connectivity index (χ3n) is 3.97. The molecule has 19 heavy (non-hydrogen) atoms. The average Bonchev–Trinajstić information content (AvgIpc) is 2.68. The second-order valence-electron chi connectivity index (χ2n) is 5.36. The van der Waals surface area contributed by atoms with Gasteiger partial charge in [0.15, 0.2) is 0 Å². The van der Waals surface area contributed by atoms with Crippen molar-refractivity contribution < 1.29 is 9.90 Å². The molecule has 2 atom stereocenters. The van der Waals surface area contributed by atoms with E-state index < -0.39 is 6.10 Å². The Labute approximate surface area is 115 Å². The fourth-order valence-corrected chi connectivity index (χ4v) is 2.88. The number of carbonyl (C=O) groups excluding carboxylic acids is 1. The lowest BCUT2D eigenvalue weighted by Crippen LogP contribution is -2.31. The van der Waals surface area contributed by atoms with Crippen molar-refractivity contribution in [1.29, 1.82) is 0 Å². The van der Waals surface area contributed by atoms with Crippen LogP contribution in [0.3, 0.4) is 0 Å². The minimum atomic E-state index is -0.463. The highest BCUT2D eigenvalue weighted by Gasteiger charge is 2.37. The predicted octanol–water partition coefficient (Wildman–Crippen LogP) is 3.14. The highest BCUT2D eigenvalue weighted by Crippen LogP contribution is 2.35. The van der Waals surface area contributed by atoms with Crippen LogP contribution in [0.1, 0.15) is 61.0 Å². The average molecular weight is 261 g/mol. The predicted molar refractivity (Wildman–Crippen MR) is 76.0 cm³/mol. The molecule has 3 heteroatoms. The fourth-order valence-electron chi connectivity index (χ4n) is 2.88. The number of rotatable bonds is 6. The summed E-state index contributed by atoms with van der Waals surface area (Å²) in [5, 5.41) is 10.4. The number of unbranched alkanes of at least 4 members (excludes halogenated alkanes) is 3. The molecular weight excluding hydrogens is 238 g/mol. The summed E-state index contributed by atoms with van der Waals surface area (Å²) in [6, 6.07) is 7.43. The highest BCUT2D eigenvalue weighted by atomic mass is 16.3. The highest BCUT2D eigenvalue weighted by molar-refractivity contribution is 5.99. The Bertz CT molecular complexity index is 444. The Kier molecular flexibility index (Phi) is 4.59. The van der Waals surface area contributed by atoms with E-state index in [9.17, 15) is 9.90 Å². The Balaban J connectivity index is 2.05. The molecule has 3 nitrogen and oxygen atoms in total. The smallest absolute Gasteiger partial charge is 0.254 e. The molecule has 1 amide bonds. The van der Waals surface area contributed by atoms with Crippen molar-refractivity contribution in [2.45, 2.75) is 51.2 Å². The summed E-state index contributed by atoms with van der Waals surface area (Å²) in [5.74, 6) is 0.0215. The lowest BCUT2D eigenvalue weighted by atomic mass is 9.96. The van der Waals surface area contributed by atoms with E-state index in [1.54, 1.807) is 11.9 Å². The van der Waals surface area contributed by atoms with Gasteiger partial charge in [-0.2, -0.15) is 0 Å². The number of carbonyl (C=O) groups is 1. The van der Waals surface area contributed by atoms with Crippen molar-refractivity contribution in [1.82, 2.24) is 4.90 Å². The maximum atomic E-state index is 12.1. The molecule has 1 aromatic rings. The molecule has 2 rings (SSSR count). The lowest BCUT2D eigenvalue weighted by Gasteiger charge is -2.26. The molecule has 0 saturated heterocycles. The van der Waals surface area contributed by atoms with Crippen molar-refractivity contribution in [3.63, 3.8) is 0 Å². The summed E-state index contributed by atoms with van der Waals surface area (Å²) in [6.45, 7) is 2.18. The van der Waals surface area contributed by atoms with Gasteiger partial charge in [-0.05, 0) is 18.1 Å². The molecule has 0 radical (unpaired) electrons. The number of aliphatic hydroxyl groups is 1. The van der Waals surface area contributed by atoms with Gasteiger partial charge in [0.2, 0.25) is 0 Å². The van der Waals surface area contributed by atoms with Crippen molar-refractivity contribution in [2.75, 3.05) is 7.05 Å². The molecule has 1 aromatic carbocycles.